The molecule has 1 unspecified atom stereocenters. The maximum Gasteiger partial charge on any atom is 0.393 e. The summed E-state index contributed by atoms with van der Waals surface area (Å²) in [5, 5.41) is 9.21. The summed E-state index contributed by atoms with van der Waals surface area (Å²) in [6.45, 7) is 6.65. The van der Waals surface area contributed by atoms with Gasteiger partial charge in [-0.15, -0.1) is 11.3 Å². The monoisotopic (exact) mass is 733 g/mol. The number of nitrogens with one attached hydrogen (secondary N) is 3. The van der Waals surface area contributed by atoms with E-state index >= 15 is 0 Å². The molecule has 5 N–H and O–H groups in total. The van der Waals surface area contributed by atoms with Crippen molar-refractivity contribution in [2.45, 2.75) is 50.4 Å². The van der Waals surface area contributed by atoms with Gasteiger partial charge < -0.3 is 31.2 Å². The number of nitrogens with two attached hydrogens (primary N) is 1. The molecule has 1 saturated heterocycles. The number of anilines is 2. The van der Waals surface area contributed by atoms with Gasteiger partial charge in [-0.3, -0.25) is 14.4 Å². The molecule has 1 atom stereocenters. The minimum Gasteiger partial charge on any atom is -0.467 e. The van der Waals surface area contributed by atoms with Crippen LogP contribution in [0.15, 0.2) is 36.4 Å². The Kier molecular flexibility index (Phi) is 12.6. The van der Waals surface area contributed by atoms with E-state index in [4.69, 9.17) is 21.8 Å². The molecular weight excluding hydrogens is 700 g/mol. The molecule has 17 heteroatoms. The normalized spacial score (nSPS) is 14.8. The molecule has 1 aromatic heterocycles. The van der Waals surface area contributed by atoms with E-state index in [9.17, 15) is 36.0 Å². The molecular formula is C33H34F3N5O7S2. The zero-order valence-electron chi connectivity index (χ0n) is 26.8. The van der Waals surface area contributed by atoms with E-state index in [1.165, 1.54) is 18.2 Å². The highest BCUT2D eigenvalue weighted by molar-refractivity contribution is 7.91. The lowest BCUT2D eigenvalue weighted by molar-refractivity contribution is -0.143. The SMILES string of the molecule is [C-]#[N+]COc1cc(C(=O)NC(CCC(N)=O)C(=O)OC)ccc1NCC#Cc1sc2c(NC3CCS(=O)(=O)CC3)cccc2c1CC(F)(F)F. The van der Waals surface area contributed by atoms with E-state index in [2.05, 4.69) is 32.6 Å². The largest absolute Gasteiger partial charge is 0.467 e. The molecule has 1 aliphatic heterocycles. The summed E-state index contributed by atoms with van der Waals surface area (Å²) in [6, 6.07) is 7.97. The number of benzene rings is 2. The van der Waals surface area contributed by atoms with Crippen LogP contribution in [-0.4, -0.2) is 76.4 Å². The second kappa shape index (κ2) is 16.6. The lowest BCUT2D eigenvalue weighted by atomic mass is 10.1. The maximum atomic E-state index is 13.7. The summed E-state index contributed by atoms with van der Waals surface area (Å²) >= 11 is 1.12. The summed E-state index contributed by atoms with van der Waals surface area (Å²) in [5.41, 5.74) is 6.22. The highest BCUT2D eigenvalue weighted by atomic mass is 32.2. The van der Waals surface area contributed by atoms with Crippen LogP contribution < -0.4 is 26.4 Å². The third kappa shape index (κ3) is 10.5. The van der Waals surface area contributed by atoms with Gasteiger partial charge in [0.05, 0.1) is 52.5 Å². The molecule has 0 radical (unpaired) electrons. The molecule has 12 nitrogen and oxygen atoms in total. The zero-order chi connectivity index (χ0) is 36.5. The zero-order valence-corrected chi connectivity index (χ0v) is 28.4. The number of amides is 2. The Morgan fingerprint density at radius 3 is 2.56 bits per heavy atom. The van der Waals surface area contributed by atoms with Gasteiger partial charge in [-0.25, -0.2) is 19.8 Å². The highest BCUT2D eigenvalue weighted by Crippen LogP contribution is 2.39. The number of primary amides is 1. The van der Waals surface area contributed by atoms with Crippen LogP contribution in [0, 0.1) is 18.4 Å². The Hall–Kier alpha value is -5.00. The van der Waals surface area contributed by atoms with Crippen LogP contribution in [0.25, 0.3) is 14.9 Å². The van der Waals surface area contributed by atoms with Crippen molar-refractivity contribution in [1.29, 1.82) is 0 Å². The van der Waals surface area contributed by atoms with Crippen LogP contribution in [0.1, 0.15) is 46.5 Å². The summed E-state index contributed by atoms with van der Waals surface area (Å²) < 4.78 is 75.5. The molecule has 1 fully saturated rings. The first-order valence-corrected chi connectivity index (χ1v) is 17.9. The van der Waals surface area contributed by atoms with E-state index in [0.29, 0.717) is 34.3 Å². The van der Waals surface area contributed by atoms with Gasteiger partial charge in [0.25, 0.3) is 5.91 Å². The molecule has 1 aliphatic rings. The second-order valence-electron chi connectivity index (χ2n) is 11.3. The standard InChI is InChI=1S/C33H34F3N5O7S2/c1-38-19-48-27-17-20(31(43)41-26(32(44)47-2)10-11-29(37)42)8-9-24(27)39-14-4-7-28-23(18-33(34,35)36)22-5-3-6-25(30(22)49-28)40-21-12-15-50(45,46)16-13-21/h3,5-6,8-9,17,21,26,39-40H,10-16,18-19H2,2H3,(H2,37,42)(H,41,43). The quantitative estimate of drug-likeness (QED) is 0.114. The molecule has 2 heterocycles. The number of thiophene rings is 1. The number of halogens is 3. The van der Waals surface area contributed by atoms with E-state index < -0.39 is 46.3 Å². The van der Waals surface area contributed by atoms with E-state index in [-0.39, 0.29) is 65.4 Å². The molecule has 4 rings (SSSR count). The molecule has 2 aromatic carbocycles. The lowest BCUT2D eigenvalue weighted by Crippen LogP contribution is -2.42. The first kappa shape index (κ1) is 37.8. The first-order valence-electron chi connectivity index (χ1n) is 15.3. The number of methoxy groups -OCH3 is 1. The van der Waals surface area contributed by atoms with Crippen molar-refractivity contribution in [2.24, 2.45) is 5.73 Å². The van der Waals surface area contributed by atoms with Gasteiger partial charge >= 0.3 is 18.9 Å². The lowest BCUT2D eigenvalue weighted by Gasteiger charge is -2.24. The molecule has 0 saturated carbocycles. The summed E-state index contributed by atoms with van der Waals surface area (Å²) in [6.07, 6.45) is -5.14. The summed E-state index contributed by atoms with van der Waals surface area (Å²) in [5.74, 6) is 3.77. The molecule has 266 valence electrons. The number of hydrogen-bond acceptors (Lipinski definition) is 10. The van der Waals surface area contributed by atoms with Crippen LogP contribution in [0.5, 0.6) is 5.75 Å². The van der Waals surface area contributed by atoms with Crippen molar-refractivity contribution >= 4 is 60.4 Å². The van der Waals surface area contributed by atoms with Crippen molar-refractivity contribution in [1.82, 2.24) is 5.32 Å². The first-order chi connectivity index (χ1) is 23.7. The van der Waals surface area contributed by atoms with Crippen molar-refractivity contribution < 1.29 is 45.4 Å². The predicted octanol–water partition coefficient (Wildman–Crippen LogP) is 4.25. The second-order valence-corrected chi connectivity index (χ2v) is 14.6. The van der Waals surface area contributed by atoms with Gasteiger partial charge in [0.2, 0.25) is 5.91 Å². The van der Waals surface area contributed by atoms with Crippen molar-refractivity contribution in [3.05, 3.63) is 63.8 Å². The summed E-state index contributed by atoms with van der Waals surface area (Å²) in [7, 11) is -1.95. The number of esters is 1. The Morgan fingerprint density at radius 2 is 1.90 bits per heavy atom. The predicted molar refractivity (Wildman–Crippen MR) is 182 cm³/mol. The number of carbonyl (C=O) groups excluding carboxylic acids is 3. The van der Waals surface area contributed by atoms with Crippen molar-refractivity contribution in [2.75, 3.05) is 42.5 Å². The molecule has 50 heavy (non-hydrogen) atoms. The highest BCUT2D eigenvalue weighted by Gasteiger charge is 2.32. The fourth-order valence-electron chi connectivity index (χ4n) is 5.23. The average molecular weight is 734 g/mol. The Morgan fingerprint density at radius 1 is 1.16 bits per heavy atom. The Balaban J connectivity index is 1.54. The Bertz CT molecular complexity index is 1950. The third-order valence-corrected chi connectivity index (χ3v) is 10.6. The Labute approximate surface area is 290 Å². The molecule has 2 amide bonds. The number of ether oxygens (including phenoxy) is 2. The van der Waals surface area contributed by atoms with Crippen LogP contribution >= 0.6 is 11.3 Å². The molecule has 0 aliphatic carbocycles. The minimum atomic E-state index is -4.49. The number of nitrogens with zero attached hydrogens (tertiary/aromatic N) is 1. The van der Waals surface area contributed by atoms with Gasteiger partial charge in [-0.2, -0.15) is 13.2 Å². The average Bonchev–Trinajstić information content (AvgIpc) is 3.40. The van der Waals surface area contributed by atoms with Gasteiger partial charge in [0.1, 0.15) is 15.9 Å². The smallest absolute Gasteiger partial charge is 0.393 e. The van der Waals surface area contributed by atoms with Crippen LogP contribution in [0.4, 0.5) is 24.5 Å². The van der Waals surface area contributed by atoms with Crippen molar-refractivity contribution in [3.63, 3.8) is 0 Å². The van der Waals surface area contributed by atoms with E-state index in [1.54, 1.807) is 18.2 Å². The van der Waals surface area contributed by atoms with E-state index in [0.717, 1.165) is 18.4 Å². The number of carbonyl (C=O) groups is 3. The number of rotatable bonds is 13. The molecule has 0 spiro atoms. The molecule has 0 bridgehead atoms. The molecule has 3 aromatic rings. The van der Waals surface area contributed by atoms with Gasteiger partial charge in [0, 0.05) is 18.0 Å². The van der Waals surface area contributed by atoms with Gasteiger partial charge in [-0.1, -0.05) is 24.0 Å². The minimum absolute atomic E-state index is 0.0393. The number of sulfone groups is 1. The fourth-order valence-corrected chi connectivity index (χ4v) is 7.89. The third-order valence-electron chi connectivity index (χ3n) is 7.68. The number of alkyl halides is 3. The maximum absolute atomic E-state index is 13.7. The van der Waals surface area contributed by atoms with Crippen LogP contribution in [-0.2, 0) is 30.6 Å². The summed E-state index contributed by atoms with van der Waals surface area (Å²) in [4.78, 5) is 39.6. The van der Waals surface area contributed by atoms with Crippen LogP contribution in [0.2, 0.25) is 0 Å². The van der Waals surface area contributed by atoms with Crippen LogP contribution in [0.3, 0.4) is 0 Å². The fraction of sp³-hybridized carbons (Fsp3) is 0.394. The number of hydrogen-bond donors (Lipinski definition) is 4. The number of fused-ring (bicyclic) bond motifs is 1. The van der Waals surface area contributed by atoms with E-state index in [1.807, 2.05) is 0 Å². The van der Waals surface area contributed by atoms with Crippen molar-refractivity contribution in [3.8, 4) is 17.6 Å². The van der Waals surface area contributed by atoms with Gasteiger partial charge in [0.15, 0.2) is 5.75 Å². The van der Waals surface area contributed by atoms with Gasteiger partial charge in [-0.05, 0) is 54.5 Å². The topological polar surface area (TPSA) is 170 Å².